The average molecular weight is 325 g/mol. The highest BCUT2D eigenvalue weighted by Crippen LogP contribution is 2.50. The van der Waals surface area contributed by atoms with Gasteiger partial charge in [-0.25, -0.2) is 0 Å². The number of rotatable bonds is 3. The van der Waals surface area contributed by atoms with E-state index in [-0.39, 0.29) is 5.91 Å². The predicted octanol–water partition coefficient (Wildman–Crippen LogP) is 3.60. The summed E-state index contributed by atoms with van der Waals surface area (Å²) >= 11 is 0. The zero-order valence-corrected chi connectivity index (χ0v) is 15.1. The molecule has 1 amide bonds. The first-order valence-electron chi connectivity index (χ1n) is 7.97. The van der Waals surface area contributed by atoms with E-state index >= 15 is 0 Å². The van der Waals surface area contributed by atoms with Crippen LogP contribution < -0.4 is 14.4 Å². The third-order valence-corrected chi connectivity index (χ3v) is 5.00. The number of ether oxygens (including phenoxy) is 2. The summed E-state index contributed by atoms with van der Waals surface area (Å²) in [5, 5.41) is 0. The lowest BCUT2D eigenvalue weighted by Crippen LogP contribution is -2.37. The molecular weight excluding hydrogens is 302 g/mol. The van der Waals surface area contributed by atoms with Gasteiger partial charge < -0.3 is 14.4 Å². The molecule has 0 aromatic heterocycles. The molecule has 0 radical (unpaired) electrons. The summed E-state index contributed by atoms with van der Waals surface area (Å²) in [6, 6.07) is 9.84. The molecule has 1 heterocycles. The van der Waals surface area contributed by atoms with Crippen molar-refractivity contribution in [2.75, 3.05) is 26.2 Å². The maximum atomic E-state index is 13.2. The van der Waals surface area contributed by atoms with E-state index in [1.54, 1.807) is 19.1 Å². The molecule has 4 nitrogen and oxygen atoms in total. The molecule has 0 spiro atoms. The van der Waals surface area contributed by atoms with Gasteiger partial charge in [-0.15, -0.1) is 0 Å². The van der Waals surface area contributed by atoms with Crippen LogP contribution in [0.4, 0.5) is 5.69 Å². The van der Waals surface area contributed by atoms with Crippen molar-refractivity contribution < 1.29 is 14.3 Å². The summed E-state index contributed by atoms with van der Waals surface area (Å²) < 4.78 is 10.9. The number of anilines is 1. The molecule has 0 N–H and O–H groups in total. The van der Waals surface area contributed by atoms with Crippen LogP contribution in [0.15, 0.2) is 30.3 Å². The van der Waals surface area contributed by atoms with Gasteiger partial charge in [0.15, 0.2) is 0 Å². The summed E-state index contributed by atoms with van der Waals surface area (Å²) in [6.07, 6.45) is 0. The number of amides is 1. The van der Waals surface area contributed by atoms with Crippen LogP contribution >= 0.6 is 0 Å². The number of nitrogens with zero attached hydrogens (tertiary/aromatic N) is 1. The van der Waals surface area contributed by atoms with Gasteiger partial charge in [0.1, 0.15) is 16.9 Å². The van der Waals surface area contributed by atoms with Gasteiger partial charge >= 0.3 is 0 Å². The number of aryl methyl sites for hydroxylation is 2. The Bertz CT molecular complexity index is 828. The molecule has 1 aliphatic rings. The minimum atomic E-state index is -0.779. The van der Waals surface area contributed by atoms with E-state index in [0.29, 0.717) is 11.5 Å². The zero-order valence-electron chi connectivity index (χ0n) is 15.1. The van der Waals surface area contributed by atoms with Gasteiger partial charge in [0, 0.05) is 18.7 Å². The number of carbonyl (C=O) groups excluding carboxylic acids is 1. The van der Waals surface area contributed by atoms with Gasteiger partial charge in [-0.1, -0.05) is 23.8 Å². The largest absolute Gasteiger partial charge is 0.497 e. The Morgan fingerprint density at radius 2 is 1.71 bits per heavy atom. The smallest absolute Gasteiger partial charge is 0.241 e. The molecule has 0 bridgehead atoms. The Kier molecular flexibility index (Phi) is 3.78. The van der Waals surface area contributed by atoms with Crippen molar-refractivity contribution in [2.45, 2.75) is 26.2 Å². The van der Waals surface area contributed by atoms with Crippen LogP contribution in [-0.4, -0.2) is 27.2 Å². The minimum absolute atomic E-state index is 0.0506. The predicted molar refractivity (Wildman–Crippen MR) is 95.3 cm³/mol. The fourth-order valence-electron chi connectivity index (χ4n) is 3.81. The molecule has 0 fully saturated rings. The van der Waals surface area contributed by atoms with E-state index < -0.39 is 5.41 Å². The van der Waals surface area contributed by atoms with E-state index in [0.717, 1.165) is 27.9 Å². The van der Waals surface area contributed by atoms with Gasteiger partial charge in [-0.3, -0.25) is 4.79 Å². The molecule has 1 atom stereocenters. The average Bonchev–Trinajstić information content (AvgIpc) is 2.76. The summed E-state index contributed by atoms with van der Waals surface area (Å²) in [5.74, 6) is 1.42. The Labute approximate surface area is 143 Å². The van der Waals surface area contributed by atoms with E-state index in [4.69, 9.17) is 9.47 Å². The summed E-state index contributed by atoms with van der Waals surface area (Å²) in [6.45, 7) is 6.08. The minimum Gasteiger partial charge on any atom is -0.497 e. The summed E-state index contributed by atoms with van der Waals surface area (Å²) in [4.78, 5) is 15.0. The monoisotopic (exact) mass is 325 g/mol. The zero-order chi connectivity index (χ0) is 17.6. The van der Waals surface area contributed by atoms with Gasteiger partial charge in [-0.2, -0.15) is 0 Å². The molecule has 1 aliphatic heterocycles. The fraction of sp³-hybridized carbons (Fsp3) is 0.350. The van der Waals surface area contributed by atoms with Gasteiger partial charge in [0.05, 0.1) is 19.9 Å². The van der Waals surface area contributed by atoms with Crippen molar-refractivity contribution in [1.29, 1.82) is 0 Å². The SMILES string of the molecule is COc1ccc(C2(C)C(=O)N(C)c3c(C)cc(C)cc32)c(OC)c1. The third-order valence-electron chi connectivity index (χ3n) is 5.00. The highest BCUT2D eigenvalue weighted by Gasteiger charge is 2.49. The second-order valence-corrected chi connectivity index (χ2v) is 6.53. The van der Waals surface area contributed by atoms with Crippen molar-refractivity contribution in [2.24, 2.45) is 0 Å². The molecule has 24 heavy (non-hydrogen) atoms. The number of benzene rings is 2. The Morgan fingerprint density at radius 1 is 1.00 bits per heavy atom. The van der Waals surface area contributed by atoms with Crippen molar-refractivity contribution in [3.05, 3.63) is 52.6 Å². The highest BCUT2D eigenvalue weighted by atomic mass is 16.5. The van der Waals surface area contributed by atoms with Crippen molar-refractivity contribution >= 4 is 11.6 Å². The van der Waals surface area contributed by atoms with Gasteiger partial charge in [0.2, 0.25) is 5.91 Å². The standard InChI is InChI=1S/C20H23NO3/c1-12-9-13(2)18-16(10-12)20(3,19(22)21(18)4)15-8-7-14(23-5)11-17(15)24-6/h7-11H,1-6H3. The first kappa shape index (κ1) is 16.4. The number of likely N-dealkylation sites (N-methyl/N-ethyl adjacent to an activating group) is 1. The Morgan fingerprint density at radius 3 is 2.33 bits per heavy atom. The van der Waals surface area contributed by atoms with Crippen LogP contribution in [0.25, 0.3) is 0 Å². The lowest BCUT2D eigenvalue weighted by Gasteiger charge is -2.26. The number of hydrogen-bond acceptors (Lipinski definition) is 3. The van der Waals surface area contributed by atoms with E-state index in [9.17, 15) is 4.79 Å². The first-order chi connectivity index (χ1) is 11.3. The summed E-state index contributed by atoms with van der Waals surface area (Å²) in [7, 11) is 5.07. The number of hydrogen-bond donors (Lipinski definition) is 0. The number of methoxy groups -OCH3 is 2. The molecule has 3 rings (SSSR count). The van der Waals surface area contributed by atoms with E-state index in [1.165, 1.54) is 0 Å². The van der Waals surface area contributed by atoms with Crippen LogP contribution in [0.1, 0.15) is 29.2 Å². The quantitative estimate of drug-likeness (QED) is 0.865. The van der Waals surface area contributed by atoms with Crippen molar-refractivity contribution in [3.8, 4) is 11.5 Å². The van der Waals surface area contributed by atoms with Crippen LogP contribution in [0.2, 0.25) is 0 Å². The highest BCUT2D eigenvalue weighted by molar-refractivity contribution is 6.11. The first-order valence-corrected chi connectivity index (χ1v) is 7.97. The third kappa shape index (κ3) is 2.09. The molecular formula is C20H23NO3. The Balaban J connectivity index is 2.31. The second kappa shape index (κ2) is 5.55. The lowest BCUT2D eigenvalue weighted by atomic mass is 9.76. The molecule has 126 valence electrons. The number of fused-ring (bicyclic) bond motifs is 1. The maximum Gasteiger partial charge on any atom is 0.241 e. The second-order valence-electron chi connectivity index (χ2n) is 6.53. The van der Waals surface area contributed by atoms with Crippen LogP contribution in [-0.2, 0) is 10.2 Å². The van der Waals surface area contributed by atoms with E-state index in [1.807, 2.05) is 39.1 Å². The molecule has 0 aliphatic carbocycles. The summed E-state index contributed by atoms with van der Waals surface area (Å²) in [5.41, 5.74) is 4.34. The molecule has 4 heteroatoms. The Hall–Kier alpha value is -2.49. The molecule has 2 aromatic carbocycles. The van der Waals surface area contributed by atoms with Crippen LogP contribution in [0.3, 0.4) is 0 Å². The molecule has 1 unspecified atom stereocenters. The number of carbonyl (C=O) groups is 1. The molecule has 0 saturated heterocycles. The molecule has 0 saturated carbocycles. The topological polar surface area (TPSA) is 38.8 Å². The van der Waals surface area contributed by atoms with Gasteiger partial charge in [0.25, 0.3) is 0 Å². The van der Waals surface area contributed by atoms with E-state index in [2.05, 4.69) is 19.1 Å². The van der Waals surface area contributed by atoms with Crippen LogP contribution in [0, 0.1) is 13.8 Å². The van der Waals surface area contributed by atoms with Crippen molar-refractivity contribution in [3.63, 3.8) is 0 Å². The lowest BCUT2D eigenvalue weighted by molar-refractivity contribution is -0.121. The molecule has 2 aromatic rings. The normalized spacial score (nSPS) is 19.4. The van der Waals surface area contributed by atoms with Gasteiger partial charge in [-0.05, 0) is 38.0 Å². The van der Waals surface area contributed by atoms with Crippen molar-refractivity contribution in [1.82, 2.24) is 0 Å². The maximum absolute atomic E-state index is 13.2. The fourth-order valence-corrected chi connectivity index (χ4v) is 3.81. The van der Waals surface area contributed by atoms with Crippen LogP contribution in [0.5, 0.6) is 11.5 Å².